The van der Waals surface area contributed by atoms with E-state index in [1.165, 1.54) is 5.56 Å². The standard InChI is InChI=1S/C18H22N2O/c19-12-16-7-4-8-17(11-16)21-18-9-10-20(14-18)13-15-5-2-1-3-6-15/h1-8,11,18H,9-10,12-14,19H2. The Hall–Kier alpha value is -1.84. The van der Waals surface area contributed by atoms with Gasteiger partial charge >= 0.3 is 0 Å². The van der Waals surface area contributed by atoms with Crippen LogP contribution in [0, 0.1) is 0 Å². The summed E-state index contributed by atoms with van der Waals surface area (Å²) in [5.74, 6) is 0.935. The summed E-state index contributed by atoms with van der Waals surface area (Å²) in [7, 11) is 0. The van der Waals surface area contributed by atoms with Crippen molar-refractivity contribution in [3.63, 3.8) is 0 Å². The van der Waals surface area contributed by atoms with E-state index in [1.807, 2.05) is 24.3 Å². The van der Waals surface area contributed by atoms with Crippen molar-refractivity contribution < 1.29 is 4.74 Å². The summed E-state index contributed by atoms with van der Waals surface area (Å²) in [5, 5.41) is 0. The van der Waals surface area contributed by atoms with Gasteiger partial charge in [-0.05, 0) is 29.7 Å². The zero-order valence-corrected chi connectivity index (χ0v) is 12.2. The first-order chi connectivity index (χ1) is 10.3. The molecule has 2 aromatic carbocycles. The van der Waals surface area contributed by atoms with Gasteiger partial charge in [-0.1, -0.05) is 42.5 Å². The van der Waals surface area contributed by atoms with E-state index in [0.29, 0.717) is 6.54 Å². The Balaban J connectivity index is 1.54. The van der Waals surface area contributed by atoms with Gasteiger partial charge in [0.2, 0.25) is 0 Å². The Morgan fingerprint density at radius 2 is 1.86 bits per heavy atom. The van der Waals surface area contributed by atoms with Crippen LogP contribution in [0.25, 0.3) is 0 Å². The second-order valence-electron chi connectivity index (χ2n) is 5.60. The number of rotatable bonds is 5. The Morgan fingerprint density at radius 3 is 2.67 bits per heavy atom. The minimum absolute atomic E-state index is 0.279. The van der Waals surface area contributed by atoms with E-state index < -0.39 is 0 Å². The van der Waals surface area contributed by atoms with Crippen LogP contribution in [0.3, 0.4) is 0 Å². The van der Waals surface area contributed by atoms with Crippen molar-refractivity contribution in [2.24, 2.45) is 5.73 Å². The quantitative estimate of drug-likeness (QED) is 0.916. The lowest BCUT2D eigenvalue weighted by Crippen LogP contribution is -2.24. The maximum absolute atomic E-state index is 6.09. The fourth-order valence-corrected chi connectivity index (χ4v) is 2.82. The van der Waals surface area contributed by atoms with Gasteiger partial charge in [-0.3, -0.25) is 4.90 Å². The lowest BCUT2D eigenvalue weighted by atomic mass is 10.2. The van der Waals surface area contributed by atoms with Crippen LogP contribution >= 0.6 is 0 Å². The highest BCUT2D eigenvalue weighted by Gasteiger charge is 2.23. The molecule has 1 aliphatic rings. The summed E-state index contributed by atoms with van der Waals surface area (Å²) in [6.07, 6.45) is 1.36. The van der Waals surface area contributed by atoms with E-state index in [1.54, 1.807) is 0 Å². The summed E-state index contributed by atoms with van der Waals surface area (Å²) in [4.78, 5) is 2.45. The van der Waals surface area contributed by atoms with Gasteiger partial charge in [-0.2, -0.15) is 0 Å². The average molecular weight is 282 g/mol. The van der Waals surface area contributed by atoms with Crippen LogP contribution in [-0.4, -0.2) is 24.1 Å². The van der Waals surface area contributed by atoms with Gasteiger partial charge in [0, 0.05) is 26.2 Å². The molecule has 3 rings (SSSR count). The van der Waals surface area contributed by atoms with Crippen molar-refractivity contribution in [2.45, 2.75) is 25.6 Å². The predicted octanol–water partition coefficient (Wildman–Crippen LogP) is 2.80. The number of likely N-dealkylation sites (tertiary alicyclic amines) is 1. The monoisotopic (exact) mass is 282 g/mol. The molecule has 2 N–H and O–H groups in total. The molecule has 1 fully saturated rings. The molecule has 2 aromatic rings. The topological polar surface area (TPSA) is 38.5 Å². The highest BCUT2D eigenvalue weighted by Crippen LogP contribution is 2.20. The van der Waals surface area contributed by atoms with E-state index >= 15 is 0 Å². The Morgan fingerprint density at radius 1 is 1.05 bits per heavy atom. The van der Waals surface area contributed by atoms with Gasteiger partial charge in [0.25, 0.3) is 0 Å². The number of hydrogen-bond donors (Lipinski definition) is 1. The first-order valence-corrected chi connectivity index (χ1v) is 7.55. The van der Waals surface area contributed by atoms with Crippen molar-refractivity contribution in [1.82, 2.24) is 4.90 Å². The summed E-state index contributed by atoms with van der Waals surface area (Å²) >= 11 is 0. The third kappa shape index (κ3) is 3.84. The van der Waals surface area contributed by atoms with Crippen LogP contribution in [0.4, 0.5) is 0 Å². The van der Waals surface area contributed by atoms with Gasteiger partial charge in [0.1, 0.15) is 11.9 Å². The Bertz CT molecular complexity index is 570. The third-order valence-electron chi connectivity index (χ3n) is 3.92. The van der Waals surface area contributed by atoms with E-state index in [-0.39, 0.29) is 6.10 Å². The molecule has 0 amide bonds. The lowest BCUT2D eigenvalue weighted by molar-refractivity contribution is 0.198. The molecule has 1 saturated heterocycles. The number of hydrogen-bond acceptors (Lipinski definition) is 3. The number of nitrogens with zero attached hydrogens (tertiary/aromatic N) is 1. The van der Waals surface area contributed by atoms with E-state index in [9.17, 15) is 0 Å². The normalized spacial score (nSPS) is 18.8. The minimum atomic E-state index is 0.279. The van der Waals surface area contributed by atoms with Crippen LogP contribution in [-0.2, 0) is 13.1 Å². The van der Waals surface area contributed by atoms with Crippen molar-refractivity contribution in [3.8, 4) is 5.75 Å². The molecule has 1 heterocycles. The first-order valence-electron chi connectivity index (χ1n) is 7.55. The fraction of sp³-hybridized carbons (Fsp3) is 0.333. The summed E-state index contributed by atoms with van der Waals surface area (Å²) < 4.78 is 6.09. The second kappa shape index (κ2) is 6.74. The van der Waals surface area contributed by atoms with Crippen LogP contribution in [0.1, 0.15) is 17.5 Å². The summed E-state index contributed by atoms with van der Waals surface area (Å²) in [6.45, 7) is 3.64. The van der Waals surface area contributed by atoms with E-state index in [0.717, 1.165) is 37.4 Å². The minimum Gasteiger partial charge on any atom is -0.489 e. The zero-order valence-electron chi connectivity index (χ0n) is 12.2. The van der Waals surface area contributed by atoms with E-state index in [4.69, 9.17) is 10.5 Å². The molecule has 0 saturated carbocycles. The van der Waals surface area contributed by atoms with Gasteiger partial charge in [-0.15, -0.1) is 0 Å². The molecule has 3 nitrogen and oxygen atoms in total. The maximum atomic E-state index is 6.09. The highest BCUT2D eigenvalue weighted by atomic mass is 16.5. The summed E-state index contributed by atoms with van der Waals surface area (Å²) in [6, 6.07) is 18.7. The molecule has 0 aliphatic carbocycles. The molecule has 0 aromatic heterocycles. The molecule has 0 bridgehead atoms. The Labute approximate surface area is 126 Å². The number of nitrogens with two attached hydrogens (primary N) is 1. The van der Waals surface area contributed by atoms with Crippen LogP contribution in [0.15, 0.2) is 54.6 Å². The molecule has 0 spiro atoms. The van der Waals surface area contributed by atoms with Gasteiger partial charge in [-0.25, -0.2) is 0 Å². The van der Waals surface area contributed by atoms with Crippen LogP contribution in [0.5, 0.6) is 5.75 Å². The van der Waals surface area contributed by atoms with Crippen molar-refractivity contribution in [2.75, 3.05) is 13.1 Å². The van der Waals surface area contributed by atoms with Crippen LogP contribution in [0.2, 0.25) is 0 Å². The zero-order chi connectivity index (χ0) is 14.5. The van der Waals surface area contributed by atoms with Crippen molar-refractivity contribution in [3.05, 3.63) is 65.7 Å². The molecule has 1 aliphatic heterocycles. The summed E-state index contributed by atoms with van der Waals surface area (Å²) in [5.41, 5.74) is 8.15. The Kier molecular flexibility index (Phi) is 4.53. The van der Waals surface area contributed by atoms with E-state index in [2.05, 4.69) is 35.2 Å². The molecular formula is C18H22N2O. The van der Waals surface area contributed by atoms with Crippen molar-refractivity contribution >= 4 is 0 Å². The molecule has 1 unspecified atom stereocenters. The molecule has 1 atom stereocenters. The number of ether oxygens (including phenoxy) is 1. The lowest BCUT2D eigenvalue weighted by Gasteiger charge is -2.17. The average Bonchev–Trinajstić information content (AvgIpc) is 2.95. The van der Waals surface area contributed by atoms with Gasteiger partial charge in [0.15, 0.2) is 0 Å². The van der Waals surface area contributed by atoms with Gasteiger partial charge in [0.05, 0.1) is 0 Å². The third-order valence-corrected chi connectivity index (χ3v) is 3.92. The second-order valence-corrected chi connectivity index (χ2v) is 5.60. The number of benzene rings is 2. The SMILES string of the molecule is NCc1cccc(OC2CCN(Cc3ccccc3)C2)c1. The molecule has 3 heteroatoms. The first kappa shape index (κ1) is 14.1. The molecular weight excluding hydrogens is 260 g/mol. The van der Waals surface area contributed by atoms with Crippen molar-refractivity contribution in [1.29, 1.82) is 0 Å². The molecule has 0 radical (unpaired) electrons. The van der Waals surface area contributed by atoms with Gasteiger partial charge < -0.3 is 10.5 Å². The fourth-order valence-electron chi connectivity index (χ4n) is 2.82. The molecule has 21 heavy (non-hydrogen) atoms. The largest absolute Gasteiger partial charge is 0.489 e. The highest BCUT2D eigenvalue weighted by molar-refractivity contribution is 5.28. The maximum Gasteiger partial charge on any atom is 0.120 e. The smallest absolute Gasteiger partial charge is 0.120 e. The molecule has 110 valence electrons. The van der Waals surface area contributed by atoms with Crippen LogP contribution < -0.4 is 10.5 Å². The predicted molar refractivity (Wildman–Crippen MR) is 85.1 cm³/mol.